The molecule has 0 fully saturated rings. The molecule has 0 amide bonds. The van der Waals surface area contributed by atoms with Gasteiger partial charge in [0.15, 0.2) is 5.96 Å². The molecule has 4 aromatic rings. The molecule has 0 saturated carbocycles. The summed E-state index contributed by atoms with van der Waals surface area (Å²) in [5, 5.41) is 12.6. The number of nitrogens with one attached hydrogen (secondary N) is 3. The van der Waals surface area contributed by atoms with Crippen LogP contribution in [0.25, 0.3) is 22.3 Å². The summed E-state index contributed by atoms with van der Waals surface area (Å²) in [6, 6.07) is 13.9. The average molecular weight is 437 g/mol. The van der Waals surface area contributed by atoms with Crippen molar-refractivity contribution in [3.05, 3.63) is 70.7 Å². The van der Waals surface area contributed by atoms with Gasteiger partial charge in [0.05, 0.1) is 0 Å². The third-order valence-electron chi connectivity index (χ3n) is 5.02. The summed E-state index contributed by atoms with van der Waals surface area (Å²) in [6.45, 7) is 3.51. The Kier molecular flexibility index (Phi) is 6.52. The standard InChI is InChI=1S/C23H25ClN6O/c1-15-6-7-19-17(14-28-20(19)12-15)8-10-26-23(25-2)27-11-9-21-29-22(30-31-21)16-4-3-5-18(24)13-16/h3-7,12-14,28H,8-11H2,1-2H3,(H2,25,26,27). The van der Waals surface area contributed by atoms with Crippen LogP contribution in [0.4, 0.5) is 0 Å². The summed E-state index contributed by atoms with van der Waals surface area (Å²) in [6.07, 6.45) is 3.57. The van der Waals surface area contributed by atoms with Gasteiger partial charge in [0, 0.05) is 54.2 Å². The van der Waals surface area contributed by atoms with Crippen LogP contribution < -0.4 is 10.6 Å². The molecule has 0 spiro atoms. The lowest BCUT2D eigenvalue weighted by Crippen LogP contribution is -2.39. The summed E-state index contributed by atoms with van der Waals surface area (Å²) >= 11 is 6.03. The van der Waals surface area contributed by atoms with E-state index in [4.69, 9.17) is 16.1 Å². The van der Waals surface area contributed by atoms with Crippen LogP contribution in [0.3, 0.4) is 0 Å². The van der Waals surface area contributed by atoms with Crippen LogP contribution in [-0.4, -0.2) is 41.2 Å². The number of aromatic amines is 1. The molecule has 2 heterocycles. The lowest BCUT2D eigenvalue weighted by Gasteiger charge is -2.10. The van der Waals surface area contributed by atoms with E-state index >= 15 is 0 Å². The molecule has 3 N–H and O–H groups in total. The minimum Gasteiger partial charge on any atom is -0.361 e. The monoisotopic (exact) mass is 436 g/mol. The largest absolute Gasteiger partial charge is 0.361 e. The maximum absolute atomic E-state index is 6.03. The number of benzene rings is 2. The highest BCUT2D eigenvalue weighted by molar-refractivity contribution is 6.30. The Hall–Kier alpha value is -3.32. The highest BCUT2D eigenvalue weighted by Gasteiger charge is 2.09. The van der Waals surface area contributed by atoms with Crippen LogP contribution >= 0.6 is 11.6 Å². The number of H-pyrrole nitrogens is 1. The number of aryl methyl sites for hydroxylation is 1. The van der Waals surface area contributed by atoms with Crippen molar-refractivity contribution >= 4 is 28.5 Å². The zero-order valence-electron chi connectivity index (χ0n) is 17.6. The molecule has 0 radical (unpaired) electrons. The molecule has 4 rings (SSSR count). The molecule has 2 aromatic carbocycles. The van der Waals surface area contributed by atoms with Crippen molar-refractivity contribution in [3.63, 3.8) is 0 Å². The Bertz CT molecular complexity index is 1200. The van der Waals surface area contributed by atoms with Crippen LogP contribution in [0.2, 0.25) is 5.02 Å². The molecular weight excluding hydrogens is 412 g/mol. The Morgan fingerprint density at radius 3 is 2.77 bits per heavy atom. The first kappa shape index (κ1) is 20.9. The second kappa shape index (κ2) is 9.66. The number of rotatable bonds is 7. The van der Waals surface area contributed by atoms with E-state index in [0.717, 1.165) is 24.5 Å². The third-order valence-corrected chi connectivity index (χ3v) is 5.25. The van der Waals surface area contributed by atoms with Gasteiger partial charge in [0.2, 0.25) is 11.7 Å². The molecule has 0 atom stereocenters. The fourth-order valence-electron chi connectivity index (χ4n) is 3.43. The molecule has 0 aliphatic heterocycles. The Labute approximate surface area is 185 Å². The molecule has 0 unspecified atom stereocenters. The van der Waals surface area contributed by atoms with Crippen molar-refractivity contribution in [2.24, 2.45) is 4.99 Å². The SMILES string of the molecule is CN=C(NCCc1nc(-c2cccc(Cl)c2)no1)NCCc1c[nH]c2cc(C)ccc12. The van der Waals surface area contributed by atoms with E-state index in [2.05, 4.69) is 62.1 Å². The Balaban J connectivity index is 1.24. The van der Waals surface area contributed by atoms with E-state index in [0.29, 0.717) is 29.7 Å². The molecule has 0 bridgehead atoms. The van der Waals surface area contributed by atoms with E-state index in [1.807, 2.05) is 24.3 Å². The average Bonchev–Trinajstić information content (AvgIpc) is 3.39. The highest BCUT2D eigenvalue weighted by Crippen LogP contribution is 2.20. The van der Waals surface area contributed by atoms with Crippen molar-refractivity contribution in [1.82, 2.24) is 25.8 Å². The topological polar surface area (TPSA) is 91.1 Å². The number of halogens is 1. The zero-order chi connectivity index (χ0) is 21.6. The third kappa shape index (κ3) is 5.24. The van der Waals surface area contributed by atoms with E-state index in [1.165, 1.54) is 22.0 Å². The van der Waals surface area contributed by atoms with E-state index in [1.54, 1.807) is 7.05 Å². The fraction of sp³-hybridized carbons (Fsp3) is 0.261. The Morgan fingerprint density at radius 1 is 1.13 bits per heavy atom. The maximum atomic E-state index is 6.03. The van der Waals surface area contributed by atoms with Gasteiger partial charge in [-0.2, -0.15) is 4.98 Å². The summed E-state index contributed by atoms with van der Waals surface area (Å²) in [4.78, 5) is 12.1. The maximum Gasteiger partial charge on any atom is 0.228 e. The second-order valence-corrected chi connectivity index (χ2v) is 7.75. The summed E-state index contributed by atoms with van der Waals surface area (Å²) in [5.74, 6) is 1.84. The first-order chi connectivity index (χ1) is 15.1. The second-order valence-electron chi connectivity index (χ2n) is 7.31. The molecule has 2 aromatic heterocycles. The van der Waals surface area contributed by atoms with Crippen LogP contribution in [0.15, 0.2) is 58.2 Å². The fourth-order valence-corrected chi connectivity index (χ4v) is 3.62. The predicted octanol–water partition coefficient (Wildman–Crippen LogP) is 4.13. The highest BCUT2D eigenvalue weighted by atomic mass is 35.5. The van der Waals surface area contributed by atoms with Crippen molar-refractivity contribution in [1.29, 1.82) is 0 Å². The van der Waals surface area contributed by atoms with Gasteiger partial charge < -0.3 is 20.1 Å². The summed E-state index contributed by atoms with van der Waals surface area (Å²) in [7, 11) is 1.76. The zero-order valence-corrected chi connectivity index (χ0v) is 18.3. The van der Waals surface area contributed by atoms with Gasteiger partial charge in [0.25, 0.3) is 0 Å². The van der Waals surface area contributed by atoms with E-state index in [-0.39, 0.29) is 0 Å². The van der Waals surface area contributed by atoms with Crippen LogP contribution in [0.5, 0.6) is 0 Å². The van der Waals surface area contributed by atoms with Gasteiger partial charge in [0.1, 0.15) is 0 Å². The number of aliphatic imine (C=N–C) groups is 1. The van der Waals surface area contributed by atoms with Crippen LogP contribution in [0, 0.1) is 6.92 Å². The van der Waals surface area contributed by atoms with Gasteiger partial charge >= 0.3 is 0 Å². The normalized spacial score (nSPS) is 11.8. The summed E-state index contributed by atoms with van der Waals surface area (Å²) < 4.78 is 5.35. The molecule has 31 heavy (non-hydrogen) atoms. The number of hydrogen-bond donors (Lipinski definition) is 3. The first-order valence-electron chi connectivity index (χ1n) is 10.2. The van der Waals surface area contributed by atoms with Crippen molar-refractivity contribution in [3.8, 4) is 11.4 Å². The van der Waals surface area contributed by atoms with Gasteiger partial charge in [-0.05, 0) is 42.7 Å². The molecular formula is C23H25ClN6O. The van der Waals surface area contributed by atoms with Crippen molar-refractivity contribution in [2.45, 2.75) is 19.8 Å². The molecule has 8 heteroatoms. The van der Waals surface area contributed by atoms with Gasteiger partial charge in [-0.25, -0.2) is 0 Å². The van der Waals surface area contributed by atoms with Crippen molar-refractivity contribution in [2.75, 3.05) is 20.1 Å². The lowest BCUT2D eigenvalue weighted by atomic mass is 10.1. The number of aromatic nitrogens is 3. The number of nitrogens with zero attached hydrogens (tertiary/aromatic N) is 3. The minimum atomic E-state index is 0.536. The first-order valence-corrected chi connectivity index (χ1v) is 10.6. The molecule has 160 valence electrons. The van der Waals surface area contributed by atoms with Gasteiger partial charge in [-0.1, -0.05) is 41.0 Å². The predicted molar refractivity (Wildman–Crippen MR) is 125 cm³/mol. The molecule has 7 nitrogen and oxygen atoms in total. The van der Waals surface area contributed by atoms with Crippen molar-refractivity contribution < 1.29 is 4.52 Å². The minimum absolute atomic E-state index is 0.536. The molecule has 0 saturated heterocycles. The van der Waals surface area contributed by atoms with Crippen LogP contribution in [-0.2, 0) is 12.8 Å². The molecule has 0 aliphatic carbocycles. The Morgan fingerprint density at radius 2 is 1.97 bits per heavy atom. The lowest BCUT2D eigenvalue weighted by molar-refractivity contribution is 0.378. The van der Waals surface area contributed by atoms with E-state index in [9.17, 15) is 0 Å². The summed E-state index contributed by atoms with van der Waals surface area (Å²) in [5.41, 5.74) is 4.55. The molecule has 0 aliphatic rings. The van der Waals surface area contributed by atoms with E-state index < -0.39 is 0 Å². The quantitative estimate of drug-likeness (QED) is 0.299. The van der Waals surface area contributed by atoms with Gasteiger partial charge in [-0.15, -0.1) is 0 Å². The van der Waals surface area contributed by atoms with Crippen LogP contribution in [0.1, 0.15) is 17.0 Å². The van der Waals surface area contributed by atoms with Gasteiger partial charge in [-0.3, -0.25) is 4.99 Å². The smallest absolute Gasteiger partial charge is 0.228 e. The number of fused-ring (bicyclic) bond motifs is 1. The number of hydrogen-bond acceptors (Lipinski definition) is 4. The number of guanidine groups is 1.